The maximum Gasteiger partial charge on any atom is 0.242 e. The lowest BCUT2D eigenvalue weighted by molar-refractivity contribution is -0.754. The van der Waals surface area contributed by atoms with Crippen molar-refractivity contribution < 1.29 is 4.57 Å². The lowest BCUT2D eigenvalue weighted by atomic mass is 9.53. The second-order valence-electron chi connectivity index (χ2n) is 7.30. The number of nitrogens with one attached hydrogen (secondary N) is 1. The molecule has 4 saturated carbocycles. The van der Waals surface area contributed by atoms with Crippen LogP contribution in [0.2, 0.25) is 0 Å². The number of rotatable bonds is 1. The standard InChI is InChI=1S/C17H20N2/c1-2-4-16-15(3-1)18-11-19(16)17-8-12-5-13(9-17)7-14(6-12)10-17/h1-4,11-14H,5-10H2/p+1. The molecule has 0 radical (unpaired) electrons. The molecule has 2 nitrogen and oxygen atoms in total. The fourth-order valence-corrected chi connectivity index (χ4v) is 5.76. The topological polar surface area (TPSA) is 19.7 Å². The molecule has 1 heterocycles. The van der Waals surface area contributed by atoms with Crippen LogP contribution in [0.5, 0.6) is 0 Å². The first-order chi connectivity index (χ1) is 9.32. The highest BCUT2D eigenvalue weighted by molar-refractivity contribution is 5.70. The SMILES string of the molecule is c1ccc2c(c1)[nH]c[n+]2C12CC3CC(CC(C3)C1)C2. The quantitative estimate of drug-likeness (QED) is 0.752. The first-order valence-corrected chi connectivity index (χ1v) is 7.81. The molecule has 0 spiro atoms. The van der Waals surface area contributed by atoms with Crippen LogP contribution in [0.25, 0.3) is 11.0 Å². The number of H-pyrrole nitrogens is 1. The molecule has 1 aromatic heterocycles. The van der Waals surface area contributed by atoms with E-state index in [1.54, 1.807) is 0 Å². The highest BCUT2D eigenvalue weighted by Gasteiger charge is 2.54. The average Bonchev–Trinajstić information content (AvgIpc) is 2.81. The maximum absolute atomic E-state index is 3.48. The van der Waals surface area contributed by atoms with Gasteiger partial charge in [-0.3, -0.25) is 0 Å². The van der Waals surface area contributed by atoms with Gasteiger partial charge in [0.1, 0.15) is 5.54 Å². The zero-order valence-corrected chi connectivity index (χ0v) is 11.3. The summed E-state index contributed by atoms with van der Waals surface area (Å²) in [5.74, 6) is 3.02. The van der Waals surface area contributed by atoms with Gasteiger partial charge in [0.15, 0.2) is 11.0 Å². The number of benzene rings is 1. The summed E-state index contributed by atoms with van der Waals surface area (Å²) in [5, 5.41) is 0. The zero-order valence-electron chi connectivity index (χ0n) is 11.3. The number of hydrogen-bond donors (Lipinski definition) is 1. The largest absolute Gasteiger partial charge is 0.243 e. The van der Waals surface area contributed by atoms with Crippen molar-refractivity contribution in [1.29, 1.82) is 0 Å². The maximum atomic E-state index is 3.48. The summed E-state index contributed by atoms with van der Waals surface area (Å²) >= 11 is 0. The van der Waals surface area contributed by atoms with Crippen molar-refractivity contribution in [2.45, 2.75) is 44.1 Å². The summed E-state index contributed by atoms with van der Waals surface area (Å²) in [6, 6.07) is 8.78. The minimum Gasteiger partial charge on any atom is -0.243 e. The van der Waals surface area contributed by atoms with Gasteiger partial charge in [0, 0.05) is 0 Å². The molecule has 1 N–H and O–H groups in total. The number of aromatic nitrogens is 2. The van der Waals surface area contributed by atoms with Gasteiger partial charge >= 0.3 is 0 Å². The number of imidazole rings is 1. The minimum absolute atomic E-state index is 0.439. The van der Waals surface area contributed by atoms with Crippen LogP contribution in [0, 0.1) is 17.8 Å². The van der Waals surface area contributed by atoms with Crippen LogP contribution in [-0.4, -0.2) is 4.98 Å². The Kier molecular flexibility index (Phi) is 1.88. The molecule has 0 unspecified atom stereocenters. The minimum atomic E-state index is 0.439. The first kappa shape index (κ1) is 10.5. The third-order valence-corrected chi connectivity index (χ3v) is 6.03. The third kappa shape index (κ3) is 1.35. The molecule has 6 rings (SSSR count). The molecule has 4 bridgehead atoms. The van der Waals surface area contributed by atoms with Crippen LogP contribution in [0.1, 0.15) is 38.5 Å². The molecule has 0 aliphatic heterocycles. The molecule has 2 heteroatoms. The van der Waals surface area contributed by atoms with Crippen LogP contribution in [0.3, 0.4) is 0 Å². The van der Waals surface area contributed by atoms with Gasteiger partial charge < -0.3 is 0 Å². The summed E-state index contributed by atoms with van der Waals surface area (Å²) in [7, 11) is 0. The van der Waals surface area contributed by atoms with Gasteiger partial charge in [-0.1, -0.05) is 12.1 Å². The third-order valence-electron chi connectivity index (χ3n) is 6.03. The summed E-state index contributed by atoms with van der Waals surface area (Å²) in [6.07, 6.45) is 11.1. The Balaban J connectivity index is 1.69. The summed E-state index contributed by atoms with van der Waals surface area (Å²) in [6.45, 7) is 0. The lowest BCUT2D eigenvalue weighted by Crippen LogP contribution is -2.64. The van der Waals surface area contributed by atoms with Crippen LogP contribution >= 0.6 is 0 Å². The van der Waals surface area contributed by atoms with E-state index in [1.807, 2.05) is 0 Å². The van der Waals surface area contributed by atoms with Crippen LogP contribution in [0.15, 0.2) is 30.6 Å². The van der Waals surface area contributed by atoms with Gasteiger partial charge in [-0.2, -0.15) is 0 Å². The zero-order chi connectivity index (χ0) is 12.4. The first-order valence-electron chi connectivity index (χ1n) is 7.81. The van der Waals surface area contributed by atoms with E-state index in [4.69, 9.17) is 0 Å². The Labute approximate surface area is 113 Å². The average molecular weight is 253 g/mol. The number of para-hydroxylation sites is 2. The molecule has 4 fully saturated rings. The van der Waals surface area contributed by atoms with E-state index in [-0.39, 0.29) is 0 Å². The van der Waals surface area contributed by atoms with E-state index in [0.717, 1.165) is 17.8 Å². The van der Waals surface area contributed by atoms with Crippen molar-refractivity contribution in [3.63, 3.8) is 0 Å². The van der Waals surface area contributed by atoms with Crippen molar-refractivity contribution >= 4 is 11.0 Å². The Morgan fingerprint density at radius 3 is 2.26 bits per heavy atom. The van der Waals surface area contributed by atoms with Crippen molar-refractivity contribution in [1.82, 2.24) is 4.98 Å². The summed E-state index contributed by atoms with van der Waals surface area (Å²) in [5.41, 5.74) is 3.14. The highest BCUT2D eigenvalue weighted by Crippen LogP contribution is 2.57. The van der Waals surface area contributed by atoms with Gasteiger partial charge in [0.2, 0.25) is 6.33 Å². The molecule has 0 amide bonds. The second-order valence-corrected chi connectivity index (χ2v) is 7.30. The molecule has 4 aliphatic carbocycles. The van der Waals surface area contributed by atoms with Crippen molar-refractivity contribution in [3.05, 3.63) is 30.6 Å². The lowest BCUT2D eigenvalue weighted by Gasteiger charge is -2.54. The van der Waals surface area contributed by atoms with E-state index in [2.05, 4.69) is 40.1 Å². The van der Waals surface area contributed by atoms with E-state index in [9.17, 15) is 0 Å². The number of aromatic amines is 1. The molecule has 98 valence electrons. The highest BCUT2D eigenvalue weighted by atomic mass is 15.1. The molecule has 0 saturated heterocycles. The fourth-order valence-electron chi connectivity index (χ4n) is 5.76. The van der Waals surface area contributed by atoms with E-state index >= 15 is 0 Å². The second kappa shape index (κ2) is 3.41. The summed E-state index contributed by atoms with van der Waals surface area (Å²) in [4.78, 5) is 3.48. The van der Waals surface area contributed by atoms with E-state index in [1.165, 1.54) is 49.6 Å². The Bertz CT molecular complexity index is 604. The van der Waals surface area contributed by atoms with Crippen molar-refractivity contribution in [2.24, 2.45) is 17.8 Å². The van der Waals surface area contributed by atoms with E-state index in [0.29, 0.717) is 5.54 Å². The van der Waals surface area contributed by atoms with Crippen LogP contribution < -0.4 is 4.57 Å². The molecule has 1 aromatic carbocycles. The Morgan fingerprint density at radius 1 is 0.947 bits per heavy atom. The number of fused-ring (bicyclic) bond motifs is 1. The van der Waals surface area contributed by atoms with Gasteiger partial charge in [-0.15, -0.1) is 0 Å². The summed E-state index contributed by atoms with van der Waals surface area (Å²) < 4.78 is 2.60. The fraction of sp³-hybridized carbons (Fsp3) is 0.588. The van der Waals surface area contributed by atoms with Crippen LogP contribution in [-0.2, 0) is 5.54 Å². The van der Waals surface area contributed by atoms with Gasteiger partial charge in [-0.25, -0.2) is 9.55 Å². The predicted molar refractivity (Wildman–Crippen MR) is 74.6 cm³/mol. The number of nitrogens with zero attached hydrogens (tertiary/aromatic N) is 1. The van der Waals surface area contributed by atoms with E-state index < -0.39 is 0 Å². The van der Waals surface area contributed by atoms with Crippen molar-refractivity contribution in [3.8, 4) is 0 Å². The predicted octanol–water partition coefficient (Wildman–Crippen LogP) is 3.38. The Hall–Kier alpha value is -1.31. The number of hydrogen-bond acceptors (Lipinski definition) is 0. The molecular formula is C17H21N2+. The van der Waals surface area contributed by atoms with Gasteiger partial charge in [-0.05, 0) is 68.4 Å². The molecule has 0 atom stereocenters. The Morgan fingerprint density at radius 2 is 1.58 bits per heavy atom. The van der Waals surface area contributed by atoms with Gasteiger partial charge in [0.05, 0.1) is 0 Å². The normalized spacial score (nSPS) is 40.1. The molecule has 2 aromatic rings. The smallest absolute Gasteiger partial charge is 0.242 e. The molecule has 4 aliphatic rings. The monoisotopic (exact) mass is 253 g/mol. The molecule has 19 heavy (non-hydrogen) atoms. The van der Waals surface area contributed by atoms with Crippen LogP contribution in [0.4, 0.5) is 0 Å². The molecular weight excluding hydrogens is 232 g/mol. The van der Waals surface area contributed by atoms with Crippen molar-refractivity contribution in [2.75, 3.05) is 0 Å². The van der Waals surface area contributed by atoms with Gasteiger partial charge in [0.25, 0.3) is 0 Å².